The molecule has 1 aliphatic heterocycles. The van der Waals surface area contributed by atoms with E-state index in [1.54, 1.807) is 0 Å². The number of nitrogen functional groups attached to an aromatic ring is 1. The fraction of sp³-hybridized carbons (Fsp3) is 0.344. The molecule has 7 heteroatoms. The number of imidazole rings is 1. The van der Waals surface area contributed by atoms with Crippen LogP contribution in [0.15, 0.2) is 73.1 Å². The summed E-state index contributed by atoms with van der Waals surface area (Å²) in [4.78, 5) is 24.2. The van der Waals surface area contributed by atoms with E-state index in [0.29, 0.717) is 18.3 Å². The van der Waals surface area contributed by atoms with E-state index in [-0.39, 0.29) is 11.9 Å². The molecule has 1 atom stereocenters. The number of nitrogens with two attached hydrogens (primary N) is 1. The molecule has 3 heterocycles. The summed E-state index contributed by atoms with van der Waals surface area (Å²) >= 11 is 0. The molecule has 1 amide bonds. The Balaban J connectivity index is 1.02. The zero-order chi connectivity index (χ0) is 26.8. The molecule has 0 aliphatic carbocycles. The van der Waals surface area contributed by atoms with Gasteiger partial charge in [-0.2, -0.15) is 0 Å². The van der Waals surface area contributed by atoms with Gasteiger partial charge in [-0.1, -0.05) is 55.5 Å². The van der Waals surface area contributed by atoms with Crippen LogP contribution in [0.5, 0.6) is 0 Å². The second-order valence-corrected chi connectivity index (χ2v) is 10.6. The highest BCUT2D eigenvalue weighted by atomic mass is 16.5. The highest BCUT2D eigenvalue weighted by Gasteiger charge is 2.24. The van der Waals surface area contributed by atoms with Crippen LogP contribution in [0.2, 0.25) is 0 Å². The molecule has 200 valence electrons. The van der Waals surface area contributed by atoms with Crippen molar-refractivity contribution in [2.24, 2.45) is 5.92 Å². The summed E-state index contributed by atoms with van der Waals surface area (Å²) in [6.45, 7) is 5.12. The molecule has 0 spiro atoms. The number of nitrogens with zero attached hydrogens (tertiary/aromatic N) is 4. The van der Waals surface area contributed by atoms with Crippen LogP contribution in [-0.4, -0.2) is 51.6 Å². The van der Waals surface area contributed by atoms with E-state index in [1.807, 2.05) is 59.8 Å². The minimum absolute atomic E-state index is 0.136. The maximum Gasteiger partial charge on any atom is 0.253 e. The lowest BCUT2D eigenvalue weighted by molar-refractivity contribution is 0.0620. The summed E-state index contributed by atoms with van der Waals surface area (Å²) in [6.07, 6.45) is 5.85. The SMILES string of the molecule is CCC(COCCC1CCN(C(=O)c2ccc3ccccc3c2)CC1)n1cnc2c(N)nc3ccccc3c21. The van der Waals surface area contributed by atoms with Gasteiger partial charge in [0.15, 0.2) is 5.82 Å². The summed E-state index contributed by atoms with van der Waals surface area (Å²) in [5.41, 5.74) is 9.65. The van der Waals surface area contributed by atoms with Gasteiger partial charge >= 0.3 is 0 Å². The summed E-state index contributed by atoms with van der Waals surface area (Å²) in [7, 11) is 0. The summed E-state index contributed by atoms with van der Waals surface area (Å²) in [5, 5.41) is 3.33. The van der Waals surface area contributed by atoms with Crippen LogP contribution in [0.4, 0.5) is 5.82 Å². The first-order valence-corrected chi connectivity index (χ1v) is 14.0. The third-order valence-corrected chi connectivity index (χ3v) is 8.18. The lowest BCUT2D eigenvalue weighted by Gasteiger charge is -2.32. The smallest absolute Gasteiger partial charge is 0.253 e. The highest BCUT2D eigenvalue weighted by Crippen LogP contribution is 2.30. The monoisotopic (exact) mass is 521 g/mol. The van der Waals surface area contributed by atoms with E-state index >= 15 is 0 Å². The molecule has 0 radical (unpaired) electrons. The second kappa shape index (κ2) is 11.0. The number of fused-ring (bicyclic) bond motifs is 4. The van der Waals surface area contributed by atoms with Gasteiger partial charge in [0.25, 0.3) is 5.91 Å². The van der Waals surface area contributed by atoms with Crippen molar-refractivity contribution in [2.75, 3.05) is 32.0 Å². The molecule has 1 unspecified atom stereocenters. The number of carbonyl (C=O) groups excluding carboxylic acids is 1. The van der Waals surface area contributed by atoms with Crippen LogP contribution < -0.4 is 5.73 Å². The number of anilines is 1. The number of benzene rings is 3. The fourth-order valence-corrected chi connectivity index (χ4v) is 5.84. The third-order valence-electron chi connectivity index (χ3n) is 8.18. The van der Waals surface area contributed by atoms with Gasteiger partial charge in [-0.3, -0.25) is 4.79 Å². The normalized spacial score (nSPS) is 15.4. The number of ether oxygens (including phenoxy) is 1. The maximum absolute atomic E-state index is 13.1. The van der Waals surface area contributed by atoms with Crippen LogP contribution in [0, 0.1) is 5.92 Å². The van der Waals surface area contributed by atoms with E-state index in [9.17, 15) is 4.79 Å². The van der Waals surface area contributed by atoms with Crippen LogP contribution in [0.1, 0.15) is 49.0 Å². The summed E-state index contributed by atoms with van der Waals surface area (Å²) in [6, 6.07) is 22.4. The van der Waals surface area contributed by atoms with Gasteiger partial charge in [0.2, 0.25) is 0 Å². The number of likely N-dealkylation sites (tertiary alicyclic amines) is 1. The van der Waals surface area contributed by atoms with Gasteiger partial charge in [0.1, 0.15) is 5.52 Å². The number of para-hydroxylation sites is 1. The van der Waals surface area contributed by atoms with Gasteiger partial charge in [0.05, 0.1) is 30.0 Å². The maximum atomic E-state index is 13.1. The van der Waals surface area contributed by atoms with Crippen molar-refractivity contribution in [3.63, 3.8) is 0 Å². The molecule has 0 bridgehead atoms. The highest BCUT2D eigenvalue weighted by molar-refractivity contribution is 6.06. The Bertz CT molecular complexity index is 1620. The van der Waals surface area contributed by atoms with Gasteiger partial charge in [-0.15, -0.1) is 0 Å². The van der Waals surface area contributed by atoms with E-state index in [0.717, 1.165) is 83.7 Å². The first-order valence-electron chi connectivity index (χ1n) is 14.0. The molecular formula is C32H35N5O2. The predicted molar refractivity (Wildman–Crippen MR) is 157 cm³/mol. The van der Waals surface area contributed by atoms with Gasteiger partial charge in [0, 0.05) is 30.6 Å². The van der Waals surface area contributed by atoms with Crippen LogP contribution in [0.25, 0.3) is 32.7 Å². The van der Waals surface area contributed by atoms with Crippen molar-refractivity contribution in [2.45, 2.75) is 38.6 Å². The van der Waals surface area contributed by atoms with Gasteiger partial charge in [-0.05, 0) is 60.6 Å². The number of carbonyl (C=O) groups is 1. The predicted octanol–water partition coefficient (Wildman–Crippen LogP) is 6.23. The van der Waals surface area contributed by atoms with Gasteiger partial charge in [-0.25, -0.2) is 9.97 Å². The average molecular weight is 522 g/mol. The first-order chi connectivity index (χ1) is 19.1. The topological polar surface area (TPSA) is 86.3 Å². The Morgan fingerprint density at radius 1 is 1.05 bits per heavy atom. The molecule has 2 N–H and O–H groups in total. The van der Waals surface area contributed by atoms with Crippen molar-refractivity contribution >= 4 is 44.4 Å². The second-order valence-electron chi connectivity index (χ2n) is 10.6. The average Bonchev–Trinajstić information content (AvgIpc) is 3.43. The lowest BCUT2D eigenvalue weighted by atomic mass is 9.93. The number of amides is 1. The molecule has 1 saturated heterocycles. The quantitative estimate of drug-likeness (QED) is 0.245. The Labute approximate surface area is 228 Å². The van der Waals surface area contributed by atoms with E-state index in [2.05, 4.69) is 39.7 Å². The minimum atomic E-state index is 0.136. The van der Waals surface area contributed by atoms with Crippen molar-refractivity contribution in [1.82, 2.24) is 19.4 Å². The Morgan fingerprint density at radius 2 is 1.82 bits per heavy atom. The number of piperidine rings is 1. The number of hydrogen-bond donors (Lipinski definition) is 1. The molecule has 7 nitrogen and oxygen atoms in total. The Morgan fingerprint density at radius 3 is 2.64 bits per heavy atom. The standard InChI is InChI=1S/C32H35N5O2/c1-2-26(37-21-34-29-30(37)27-9-5-6-10-28(27)35-31(29)33)20-39-18-15-22-13-16-36(17-14-22)32(38)25-12-11-23-7-3-4-8-24(23)19-25/h3-12,19,21-22,26H,2,13-18,20H2,1H3,(H2,33,35). The van der Waals surface area contributed by atoms with Crippen molar-refractivity contribution in [3.8, 4) is 0 Å². The van der Waals surface area contributed by atoms with E-state index < -0.39 is 0 Å². The number of rotatable bonds is 8. The van der Waals surface area contributed by atoms with Crippen molar-refractivity contribution < 1.29 is 9.53 Å². The zero-order valence-corrected chi connectivity index (χ0v) is 22.4. The zero-order valence-electron chi connectivity index (χ0n) is 22.4. The number of hydrogen-bond acceptors (Lipinski definition) is 5. The molecule has 2 aromatic heterocycles. The summed E-state index contributed by atoms with van der Waals surface area (Å²) < 4.78 is 8.41. The largest absolute Gasteiger partial charge is 0.382 e. The number of pyridine rings is 1. The molecule has 6 rings (SSSR count). The van der Waals surface area contributed by atoms with Crippen LogP contribution >= 0.6 is 0 Å². The Kier molecular flexibility index (Phi) is 7.16. The molecule has 39 heavy (non-hydrogen) atoms. The van der Waals surface area contributed by atoms with Gasteiger partial charge < -0.3 is 19.9 Å². The minimum Gasteiger partial charge on any atom is -0.382 e. The molecule has 1 aliphatic rings. The Hall–Kier alpha value is -3.97. The van der Waals surface area contributed by atoms with Crippen molar-refractivity contribution in [1.29, 1.82) is 0 Å². The summed E-state index contributed by atoms with van der Waals surface area (Å²) in [5.74, 6) is 1.18. The fourth-order valence-electron chi connectivity index (χ4n) is 5.84. The van der Waals surface area contributed by atoms with E-state index in [4.69, 9.17) is 10.5 Å². The first kappa shape index (κ1) is 25.3. The number of aromatic nitrogens is 3. The van der Waals surface area contributed by atoms with Crippen LogP contribution in [-0.2, 0) is 4.74 Å². The van der Waals surface area contributed by atoms with Crippen molar-refractivity contribution in [3.05, 3.63) is 78.6 Å². The molecule has 5 aromatic rings. The van der Waals surface area contributed by atoms with E-state index in [1.165, 1.54) is 0 Å². The lowest BCUT2D eigenvalue weighted by Crippen LogP contribution is -2.38. The van der Waals surface area contributed by atoms with Crippen LogP contribution in [0.3, 0.4) is 0 Å². The molecule has 0 saturated carbocycles. The molecule has 1 fully saturated rings. The molecule has 3 aromatic carbocycles. The third kappa shape index (κ3) is 5.06. The molecular weight excluding hydrogens is 486 g/mol.